The molecule has 0 aliphatic rings. The fraction of sp³-hybridized carbons (Fsp3) is 0.357. The number of nitrogens with two attached hydrogens (primary N) is 1. The van der Waals surface area contributed by atoms with E-state index in [1.54, 1.807) is 6.20 Å². The van der Waals surface area contributed by atoms with Crippen LogP contribution in [0.15, 0.2) is 24.4 Å². The number of anilines is 2. The number of fused-ring (bicyclic) bond motifs is 1. The SMILES string of the molecule is Cc1ccc(N)c2ccnc(NC(C)(C)C)c12. The van der Waals surface area contributed by atoms with Crippen LogP contribution in [0.25, 0.3) is 10.8 Å². The highest BCUT2D eigenvalue weighted by molar-refractivity contribution is 6.01. The average Bonchev–Trinajstić information content (AvgIpc) is 2.21. The van der Waals surface area contributed by atoms with E-state index in [9.17, 15) is 0 Å². The lowest BCUT2D eigenvalue weighted by Crippen LogP contribution is -2.26. The van der Waals surface area contributed by atoms with Gasteiger partial charge in [-0.2, -0.15) is 0 Å². The number of rotatable bonds is 1. The summed E-state index contributed by atoms with van der Waals surface area (Å²) in [6.45, 7) is 8.44. The predicted octanol–water partition coefficient (Wildman–Crippen LogP) is 3.34. The Labute approximate surface area is 102 Å². The Morgan fingerprint density at radius 1 is 1.18 bits per heavy atom. The van der Waals surface area contributed by atoms with Crippen molar-refractivity contribution in [1.82, 2.24) is 4.98 Å². The fourth-order valence-corrected chi connectivity index (χ4v) is 1.94. The number of pyridine rings is 1. The molecule has 0 atom stereocenters. The van der Waals surface area contributed by atoms with Crippen LogP contribution < -0.4 is 11.1 Å². The summed E-state index contributed by atoms with van der Waals surface area (Å²) < 4.78 is 0. The van der Waals surface area contributed by atoms with E-state index in [2.05, 4.69) is 38.0 Å². The Morgan fingerprint density at radius 2 is 1.88 bits per heavy atom. The number of nitrogens with zero attached hydrogens (tertiary/aromatic N) is 1. The quantitative estimate of drug-likeness (QED) is 0.737. The predicted molar refractivity (Wildman–Crippen MR) is 74.3 cm³/mol. The number of aryl methyl sites for hydroxylation is 1. The van der Waals surface area contributed by atoms with E-state index in [4.69, 9.17) is 5.73 Å². The van der Waals surface area contributed by atoms with Gasteiger partial charge in [-0.25, -0.2) is 4.98 Å². The molecule has 3 nitrogen and oxygen atoms in total. The second-order valence-electron chi connectivity index (χ2n) is 5.43. The first kappa shape index (κ1) is 11.7. The zero-order valence-corrected chi connectivity index (χ0v) is 10.8. The first-order valence-corrected chi connectivity index (χ1v) is 5.80. The number of nitrogen functional groups attached to an aromatic ring is 1. The molecule has 17 heavy (non-hydrogen) atoms. The van der Waals surface area contributed by atoms with Gasteiger partial charge in [0, 0.05) is 28.2 Å². The van der Waals surface area contributed by atoms with Gasteiger partial charge >= 0.3 is 0 Å². The van der Waals surface area contributed by atoms with Crippen LogP contribution in [0.1, 0.15) is 26.3 Å². The lowest BCUT2D eigenvalue weighted by atomic mass is 10.0. The maximum Gasteiger partial charge on any atom is 0.134 e. The van der Waals surface area contributed by atoms with E-state index < -0.39 is 0 Å². The minimum atomic E-state index is -0.0155. The van der Waals surface area contributed by atoms with Crippen molar-refractivity contribution >= 4 is 22.3 Å². The van der Waals surface area contributed by atoms with Crippen LogP contribution in [0, 0.1) is 6.92 Å². The number of hydrogen-bond acceptors (Lipinski definition) is 3. The second-order valence-corrected chi connectivity index (χ2v) is 5.43. The Hall–Kier alpha value is -1.77. The van der Waals surface area contributed by atoms with Gasteiger partial charge in [0.15, 0.2) is 0 Å². The number of hydrogen-bond donors (Lipinski definition) is 2. The molecule has 2 rings (SSSR count). The van der Waals surface area contributed by atoms with Crippen LogP contribution in [-0.4, -0.2) is 10.5 Å². The summed E-state index contributed by atoms with van der Waals surface area (Å²) in [5.41, 5.74) is 7.97. The van der Waals surface area contributed by atoms with Gasteiger partial charge in [0.2, 0.25) is 0 Å². The third-order valence-electron chi connectivity index (χ3n) is 2.66. The highest BCUT2D eigenvalue weighted by Crippen LogP contribution is 2.30. The maximum atomic E-state index is 6.00. The maximum absolute atomic E-state index is 6.00. The van der Waals surface area contributed by atoms with Crippen LogP contribution in [0.3, 0.4) is 0 Å². The third kappa shape index (κ3) is 2.33. The molecule has 0 fully saturated rings. The van der Waals surface area contributed by atoms with E-state index >= 15 is 0 Å². The molecule has 0 aliphatic heterocycles. The molecular weight excluding hydrogens is 210 g/mol. The van der Waals surface area contributed by atoms with E-state index in [-0.39, 0.29) is 5.54 Å². The molecule has 0 saturated heterocycles. The van der Waals surface area contributed by atoms with Crippen LogP contribution in [0.4, 0.5) is 11.5 Å². The first-order chi connectivity index (χ1) is 7.88. The molecule has 1 aromatic heterocycles. The van der Waals surface area contributed by atoms with Crippen molar-refractivity contribution in [2.75, 3.05) is 11.1 Å². The molecule has 1 heterocycles. The Balaban J connectivity index is 2.68. The summed E-state index contributed by atoms with van der Waals surface area (Å²) in [5, 5.41) is 5.60. The topological polar surface area (TPSA) is 50.9 Å². The van der Waals surface area contributed by atoms with E-state index in [0.29, 0.717) is 0 Å². The summed E-state index contributed by atoms with van der Waals surface area (Å²) in [6.07, 6.45) is 1.80. The molecule has 0 saturated carbocycles. The van der Waals surface area contributed by atoms with Gasteiger partial charge < -0.3 is 11.1 Å². The lowest BCUT2D eigenvalue weighted by Gasteiger charge is -2.23. The highest BCUT2D eigenvalue weighted by atomic mass is 15.0. The van der Waals surface area contributed by atoms with Gasteiger partial charge in [0.25, 0.3) is 0 Å². The van der Waals surface area contributed by atoms with Crippen LogP contribution in [-0.2, 0) is 0 Å². The normalized spacial score (nSPS) is 11.8. The van der Waals surface area contributed by atoms with Gasteiger partial charge in [-0.05, 0) is 45.4 Å². The molecule has 0 aliphatic carbocycles. The van der Waals surface area contributed by atoms with Crippen molar-refractivity contribution in [2.24, 2.45) is 0 Å². The van der Waals surface area contributed by atoms with Crippen molar-refractivity contribution < 1.29 is 0 Å². The van der Waals surface area contributed by atoms with Crippen molar-refractivity contribution in [3.05, 3.63) is 30.0 Å². The van der Waals surface area contributed by atoms with Gasteiger partial charge in [0.05, 0.1) is 0 Å². The molecule has 0 unspecified atom stereocenters. The van der Waals surface area contributed by atoms with Crippen molar-refractivity contribution in [3.8, 4) is 0 Å². The molecule has 2 aromatic rings. The Kier molecular flexibility index (Phi) is 2.69. The molecule has 1 aromatic carbocycles. The van der Waals surface area contributed by atoms with Gasteiger partial charge in [-0.1, -0.05) is 6.07 Å². The van der Waals surface area contributed by atoms with E-state index in [1.165, 1.54) is 5.56 Å². The van der Waals surface area contributed by atoms with Crippen LogP contribution in [0.5, 0.6) is 0 Å². The first-order valence-electron chi connectivity index (χ1n) is 5.80. The van der Waals surface area contributed by atoms with E-state index in [0.717, 1.165) is 22.3 Å². The molecular formula is C14H19N3. The largest absolute Gasteiger partial charge is 0.398 e. The van der Waals surface area contributed by atoms with Gasteiger partial charge in [0.1, 0.15) is 5.82 Å². The standard InChI is InChI=1S/C14H19N3/c1-9-5-6-11(15)10-7-8-16-13(12(9)10)17-14(2,3)4/h5-8H,15H2,1-4H3,(H,16,17). The average molecular weight is 229 g/mol. The van der Waals surface area contributed by atoms with Gasteiger partial charge in [-0.15, -0.1) is 0 Å². The molecule has 90 valence electrons. The molecule has 0 amide bonds. The molecule has 0 spiro atoms. The zero-order chi connectivity index (χ0) is 12.6. The van der Waals surface area contributed by atoms with Crippen LogP contribution in [0.2, 0.25) is 0 Å². The monoisotopic (exact) mass is 229 g/mol. The van der Waals surface area contributed by atoms with E-state index in [1.807, 2.05) is 18.2 Å². The minimum absolute atomic E-state index is 0.0155. The Morgan fingerprint density at radius 3 is 2.53 bits per heavy atom. The number of nitrogens with one attached hydrogen (secondary N) is 1. The molecule has 0 bridgehead atoms. The molecule has 0 radical (unpaired) electrons. The summed E-state index contributed by atoms with van der Waals surface area (Å²) in [6, 6.07) is 5.94. The summed E-state index contributed by atoms with van der Waals surface area (Å²) in [5.74, 6) is 0.903. The summed E-state index contributed by atoms with van der Waals surface area (Å²) in [4.78, 5) is 4.43. The zero-order valence-electron chi connectivity index (χ0n) is 10.8. The fourth-order valence-electron chi connectivity index (χ4n) is 1.94. The summed E-state index contributed by atoms with van der Waals surface area (Å²) >= 11 is 0. The van der Waals surface area contributed by atoms with Gasteiger partial charge in [-0.3, -0.25) is 0 Å². The van der Waals surface area contributed by atoms with Crippen LogP contribution >= 0.6 is 0 Å². The third-order valence-corrected chi connectivity index (χ3v) is 2.66. The summed E-state index contributed by atoms with van der Waals surface area (Å²) in [7, 11) is 0. The number of aromatic nitrogens is 1. The molecule has 3 heteroatoms. The number of benzene rings is 1. The second kappa shape index (κ2) is 3.91. The van der Waals surface area contributed by atoms with Crippen molar-refractivity contribution in [3.63, 3.8) is 0 Å². The minimum Gasteiger partial charge on any atom is -0.398 e. The Bertz CT molecular complexity index is 553. The lowest BCUT2D eigenvalue weighted by molar-refractivity contribution is 0.631. The molecule has 3 N–H and O–H groups in total. The smallest absolute Gasteiger partial charge is 0.134 e. The highest BCUT2D eigenvalue weighted by Gasteiger charge is 2.14. The van der Waals surface area contributed by atoms with Crippen molar-refractivity contribution in [2.45, 2.75) is 33.2 Å². The van der Waals surface area contributed by atoms with Crippen molar-refractivity contribution in [1.29, 1.82) is 0 Å².